The Bertz CT molecular complexity index is 1800. The van der Waals surface area contributed by atoms with Gasteiger partial charge in [0.1, 0.15) is 5.69 Å². The minimum atomic E-state index is -0.0266. The smallest absolute Gasteiger partial charge is 0.245 e. The Balaban J connectivity index is 1.42. The summed E-state index contributed by atoms with van der Waals surface area (Å²) < 4.78 is 14.7. The number of carbonyl (C=O) groups excluding carboxylic acids is 1. The zero-order valence-corrected chi connectivity index (χ0v) is 25.5. The number of amides is 1. The minimum absolute atomic E-state index is 0.0266. The number of rotatable bonds is 10. The summed E-state index contributed by atoms with van der Waals surface area (Å²) in [5.74, 6) is -0.0266. The molecule has 2 aromatic carbocycles. The van der Waals surface area contributed by atoms with Gasteiger partial charge in [0, 0.05) is 59.6 Å². The molecule has 0 bridgehead atoms. The van der Waals surface area contributed by atoms with Crippen LogP contribution in [0.2, 0.25) is 5.02 Å². The van der Waals surface area contributed by atoms with E-state index < -0.39 is 0 Å². The molecule has 5 aromatic rings. The number of likely N-dealkylation sites (tertiary alicyclic amines) is 1. The highest BCUT2D eigenvalue weighted by atomic mass is 35.5. The number of aryl methyl sites for hydroxylation is 1. The standard InChI is InChI=1S/C32H36ClN7O3/c1-5-28(41)38-10-8-24(9-11-38)40-21(3)29(30-25-18-34-35-27(25)16-20(2)31(30)33)32(37-40)22-6-7-26-23(17-22)19-39(36-26)12-13-43-15-14-42-4/h5-7,16-19,24H,1,8-15H2,2-4H3,(H,34,35). The fourth-order valence-corrected chi connectivity index (χ4v) is 6.27. The van der Waals surface area contributed by atoms with E-state index in [-0.39, 0.29) is 11.9 Å². The zero-order valence-electron chi connectivity index (χ0n) is 24.8. The number of nitrogens with one attached hydrogen (secondary N) is 1. The summed E-state index contributed by atoms with van der Waals surface area (Å²) in [7, 11) is 1.66. The van der Waals surface area contributed by atoms with Crippen LogP contribution in [0, 0.1) is 13.8 Å². The Hall–Kier alpha value is -3.99. The summed E-state index contributed by atoms with van der Waals surface area (Å²) in [6.07, 6.45) is 6.88. The van der Waals surface area contributed by atoms with Crippen molar-refractivity contribution in [3.63, 3.8) is 0 Å². The molecule has 1 aliphatic heterocycles. The first-order valence-electron chi connectivity index (χ1n) is 14.6. The largest absolute Gasteiger partial charge is 0.382 e. The van der Waals surface area contributed by atoms with Crippen LogP contribution in [0.4, 0.5) is 0 Å². The second-order valence-electron chi connectivity index (χ2n) is 11.0. The number of methoxy groups -OCH3 is 1. The molecule has 1 fully saturated rings. The predicted molar refractivity (Wildman–Crippen MR) is 168 cm³/mol. The Morgan fingerprint density at radius 2 is 1.95 bits per heavy atom. The molecule has 0 aliphatic carbocycles. The number of aromatic nitrogens is 6. The zero-order chi connectivity index (χ0) is 30.1. The Morgan fingerprint density at radius 3 is 2.72 bits per heavy atom. The van der Waals surface area contributed by atoms with E-state index in [1.165, 1.54) is 6.08 Å². The number of piperidine rings is 1. The molecule has 4 heterocycles. The van der Waals surface area contributed by atoms with Crippen LogP contribution in [0.1, 0.15) is 30.1 Å². The second kappa shape index (κ2) is 12.3. The summed E-state index contributed by atoms with van der Waals surface area (Å²) in [6.45, 7) is 11.4. The number of benzene rings is 2. The van der Waals surface area contributed by atoms with Crippen LogP contribution in [-0.2, 0) is 20.8 Å². The van der Waals surface area contributed by atoms with Crippen LogP contribution < -0.4 is 0 Å². The quantitative estimate of drug-likeness (QED) is 0.162. The van der Waals surface area contributed by atoms with Gasteiger partial charge >= 0.3 is 0 Å². The number of H-pyrrole nitrogens is 1. The maximum atomic E-state index is 12.2. The molecule has 1 aliphatic rings. The highest BCUT2D eigenvalue weighted by Gasteiger charge is 2.29. The lowest BCUT2D eigenvalue weighted by Gasteiger charge is -2.32. The lowest BCUT2D eigenvalue weighted by Crippen LogP contribution is -2.38. The molecule has 0 unspecified atom stereocenters. The van der Waals surface area contributed by atoms with Gasteiger partial charge in [-0.25, -0.2) is 0 Å². The van der Waals surface area contributed by atoms with Crippen molar-refractivity contribution in [3.8, 4) is 22.4 Å². The molecule has 0 atom stereocenters. The van der Waals surface area contributed by atoms with Crippen molar-refractivity contribution in [3.05, 3.63) is 65.6 Å². The van der Waals surface area contributed by atoms with Crippen molar-refractivity contribution >= 4 is 39.3 Å². The molecule has 3 aromatic heterocycles. The van der Waals surface area contributed by atoms with Crippen molar-refractivity contribution < 1.29 is 14.3 Å². The van der Waals surface area contributed by atoms with Gasteiger partial charge in [0.15, 0.2) is 0 Å². The van der Waals surface area contributed by atoms with E-state index in [0.717, 1.165) is 68.3 Å². The molecule has 0 spiro atoms. The third-order valence-electron chi connectivity index (χ3n) is 8.28. The van der Waals surface area contributed by atoms with Gasteiger partial charge in [-0.2, -0.15) is 15.3 Å². The van der Waals surface area contributed by atoms with Crippen molar-refractivity contribution in [2.45, 2.75) is 39.3 Å². The average molecular weight is 602 g/mol. The van der Waals surface area contributed by atoms with Crippen molar-refractivity contribution in [1.82, 2.24) is 34.7 Å². The van der Waals surface area contributed by atoms with Crippen LogP contribution in [0.5, 0.6) is 0 Å². The molecular formula is C32H36ClN7O3. The number of halogens is 1. The Kier molecular flexibility index (Phi) is 8.34. The fraction of sp³-hybridized carbons (Fsp3) is 0.375. The Morgan fingerprint density at radius 1 is 1.14 bits per heavy atom. The van der Waals surface area contributed by atoms with Crippen molar-refractivity contribution in [2.24, 2.45) is 0 Å². The number of hydrogen-bond donors (Lipinski definition) is 1. The van der Waals surface area contributed by atoms with Crippen LogP contribution in [0.15, 0.2) is 49.3 Å². The third kappa shape index (κ3) is 5.58. The molecule has 1 saturated heterocycles. The summed E-state index contributed by atoms with van der Waals surface area (Å²) in [4.78, 5) is 14.1. The van der Waals surface area contributed by atoms with Gasteiger partial charge in [0.25, 0.3) is 0 Å². The van der Waals surface area contributed by atoms with E-state index in [4.69, 9.17) is 31.3 Å². The molecule has 43 heavy (non-hydrogen) atoms. The van der Waals surface area contributed by atoms with Gasteiger partial charge in [-0.15, -0.1) is 0 Å². The van der Waals surface area contributed by atoms with E-state index in [0.29, 0.717) is 44.5 Å². The first-order valence-corrected chi connectivity index (χ1v) is 14.9. The molecular weight excluding hydrogens is 566 g/mol. The van der Waals surface area contributed by atoms with E-state index in [9.17, 15) is 4.79 Å². The number of ether oxygens (including phenoxy) is 2. The molecule has 6 rings (SSSR count). The molecule has 11 heteroatoms. The Labute approximate surface area is 255 Å². The number of aromatic amines is 1. The SMILES string of the molecule is C=CC(=O)N1CCC(n2nc(-c3ccc4nn(CCOCCOC)cc4c3)c(-c3c(Cl)c(C)cc4[nH]ncc34)c2C)CC1. The van der Waals surface area contributed by atoms with Gasteiger partial charge in [-0.3, -0.25) is 19.3 Å². The molecule has 224 valence electrons. The maximum Gasteiger partial charge on any atom is 0.245 e. The summed E-state index contributed by atoms with van der Waals surface area (Å²) in [5.41, 5.74) is 7.58. The number of fused-ring (bicyclic) bond motifs is 2. The highest BCUT2D eigenvalue weighted by Crippen LogP contribution is 2.44. The van der Waals surface area contributed by atoms with Crippen LogP contribution in [0.25, 0.3) is 44.2 Å². The summed E-state index contributed by atoms with van der Waals surface area (Å²) in [5, 5.41) is 20.1. The maximum absolute atomic E-state index is 12.2. The number of hydrogen-bond acceptors (Lipinski definition) is 6. The van der Waals surface area contributed by atoms with Gasteiger partial charge < -0.3 is 14.4 Å². The van der Waals surface area contributed by atoms with E-state index in [2.05, 4.69) is 40.5 Å². The van der Waals surface area contributed by atoms with Crippen molar-refractivity contribution in [1.29, 1.82) is 0 Å². The monoisotopic (exact) mass is 601 g/mol. The minimum Gasteiger partial charge on any atom is -0.382 e. The molecule has 10 nitrogen and oxygen atoms in total. The highest BCUT2D eigenvalue weighted by molar-refractivity contribution is 6.36. The van der Waals surface area contributed by atoms with Crippen LogP contribution in [-0.4, -0.2) is 80.6 Å². The summed E-state index contributed by atoms with van der Waals surface area (Å²) >= 11 is 7.07. The summed E-state index contributed by atoms with van der Waals surface area (Å²) in [6, 6.07) is 8.43. The molecule has 1 N–H and O–H groups in total. The normalized spacial score (nSPS) is 14.3. The molecule has 1 amide bonds. The van der Waals surface area contributed by atoms with Gasteiger partial charge in [0.2, 0.25) is 5.91 Å². The molecule has 0 saturated carbocycles. The van der Waals surface area contributed by atoms with Crippen LogP contribution in [0.3, 0.4) is 0 Å². The predicted octanol–water partition coefficient (Wildman–Crippen LogP) is 5.73. The lowest BCUT2D eigenvalue weighted by atomic mass is 9.94. The van der Waals surface area contributed by atoms with E-state index in [1.54, 1.807) is 7.11 Å². The first kappa shape index (κ1) is 29.1. The topological polar surface area (TPSA) is 103 Å². The third-order valence-corrected chi connectivity index (χ3v) is 8.77. The van der Waals surface area contributed by atoms with E-state index >= 15 is 0 Å². The first-order chi connectivity index (χ1) is 20.9. The van der Waals surface area contributed by atoms with Gasteiger partial charge in [-0.1, -0.05) is 24.2 Å². The fourth-order valence-electron chi connectivity index (χ4n) is 6.02. The lowest BCUT2D eigenvalue weighted by molar-refractivity contribution is -0.127. The van der Waals surface area contributed by atoms with Gasteiger partial charge in [0.05, 0.1) is 54.7 Å². The number of nitrogens with zero attached hydrogens (tertiary/aromatic N) is 6. The van der Waals surface area contributed by atoms with Crippen molar-refractivity contribution in [2.75, 3.05) is 40.0 Å². The van der Waals surface area contributed by atoms with Crippen LogP contribution >= 0.6 is 11.6 Å². The van der Waals surface area contributed by atoms with E-state index in [1.807, 2.05) is 41.0 Å². The van der Waals surface area contributed by atoms with Gasteiger partial charge in [-0.05, 0) is 56.5 Å². The second-order valence-corrected chi connectivity index (χ2v) is 11.4. The molecule has 0 radical (unpaired) electrons. The number of carbonyl (C=O) groups is 1. The average Bonchev–Trinajstić information content (AvgIpc) is 3.74.